The molecule has 1 aromatic carbocycles. The van der Waals surface area contributed by atoms with Crippen LogP contribution in [0.4, 0.5) is 0 Å². The van der Waals surface area contributed by atoms with Crippen LogP contribution in [0.3, 0.4) is 0 Å². The minimum absolute atomic E-state index is 0.0209. The van der Waals surface area contributed by atoms with Crippen molar-refractivity contribution in [2.24, 2.45) is 5.92 Å². The second-order valence-corrected chi connectivity index (χ2v) is 6.52. The SMILES string of the molecule is COc1cc(CN2CCC(CN(C)C)CC2)cc(Cl)c1O. The van der Waals surface area contributed by atoms with Crippen LogP contribution < -0.4 is 4.74 Å². The van der Waals surface area contributed by atoms with Gasteiger partial charge in [-0.15, -0.1) is 0 Å². The number of rotatable bonds is 5. The van der Waals surface area contributed by atoms with E-state index in [0.717, 1.165) is 31.1 Å². The Kier molecular flexibility index (Phi) is 5.73. The molecule has 0 atom stereocenters. The summed E-state index contributed by atoms with van der Waals surface area (Å²) in [5.74, 6) is 1.27. The molecule has 4 nitrogen and oxygen atoms in total. The first-order valence-electron chi connectivity index (χ1n) is 7.42. The molecular weight excluding hydrogens is 288 g/mol. The van der Waals surface area contributed by atoms with Crippen molar-refractivity contribution in [2.45, 2.75) is 19.4 Å². The zero-order valence-corrected chi connectivity index (χ0v) is 13.9. The summed E-state index contributed by atoms with van der Waals surface area (Å²) in [5.41, 5.74) is 1.08. The Morgan fingerprint density at radius 2 is 2.00 bits per heavy atom. The monoisotopic (exact) mass is 312 g/mol. The number of phenols is 1. The number of nitrogens with zero attached hydrogens (tertiary/aromatic N) is 2. The Morgan fingerprint density at radius 3 is 2.57 bits per heavy atom. The van der Waals surface area contributed by atoms with E-state index in [9.17, 15) is 5.11 Å². The van der Waals surface area contributed by atoms with Crippen LogP contribution >= 0.6 is 11.6 Å². The molecule has 1 saturated heterocycles. The van der Waals surface area contributed by atoms with Crippen molar-refractivity contribution in [1.82, 2.24) is 9.80 Å². The van der Waals surface area contributed by atoms with E-state index in [1.165, 1.54) is 19.4 Å². The average Bonchev–Trinajstić information content (AvgIpc) is 2.44. The van der Waals surface area contributed by atoms with Crippen LogP contribution in [-0.4, -0.2) is 55.7 Å². The van der Waals surface area contributed by atoms with Gasteiger partial charge in [0.05, 0.1) is 12.1 Å². The third kappa shape index (κ3) is 4.50. The molecule has 118 valence electrons. The number of halogens is 1. The number of benzene rings is 1. The molecule has 1 N–H and O–H groups in total. The van der Waals surface area contributed by atoms with E-state index in [2.05, 4.69) is 23.9 Å². The fourth-order valence-corrected chi connectivity index (χ4v) is 3.21. The summed E-state index contributed by atoms with van der Waals surface area (Å²) >= 11 is 6.04. The van der Waals surface area contributed by atoms with Gasteiger partial charge in [-0.1, -0.05) is 11.6 Å². The van der Waals surface area contributed by atoms with Gasteiger partial charge in [-0.2, -0.15) is 0 Å². The van der Waals surface area contributed by atoms with E-state index < -0.39 is 0 Å². The predicted octanol–water partition coefficient (Wildman–Crippen LogP) is 2.83. The molecule has 0 amide bonds. The van der Waals surface area contributed by atoms with Crippen LogP contribution in [0.15, 0.2) is 12.1 Å². The van der Waals surface area contributed by atoms with Gasteiger partial charge in [0.15, 0.2) is 11.5 Å². The van der Waals surface area contributed by atoms with Gasteiger partial charge in [0.2, 0.25) is 0 Å². The van der Waals surface area contributed by atoms with E-state index >= 15 is 0 Å². The Labute approximate surface area is 132 Å². The molecule has 1 aliphatic heterocycles. The zero-order valence-electron chi connectivity index (χ0n) is 13.1. The smallest absolute Gasteiger partial charge is 0.176 e. The molecule has 0 aromatic heterocycles. The van der Waals surface area contributed by atoms with E-state index in [1.807, 2.05) is 12.1 Å². The predicted molar refractivity (Wildman–Crippen MR) is 86.2 cm³/mol. The number of ether oxygens (including phenoxy) is 1. The fourth-order valence-electron chi connectivity index (χ4n) is 2.98. The Balaban J connectivity index is 1.93. The first-order valence-corrected chi connectivity index (χ1v) is 7.80. The van der Waals surface area contributed by atoms with Gasteiger partial charge in [0.1, 0.15) is 0 Å². The van der Waals surface area contributed by atoms with Crippen molar-refractivity contribution in [2.75, 3.05) is 40.8 Å². The third-order valence-electron chi connectivity index (χ3n) is 4.04. The quantitative estimate of drug-likeness (QED) is 0.907. The first-order chi connectivity index (χ1) is 9.99. The van der Waals surface area contributed by atoms with E-state index in [-0.39, 0.29) is 5.75 Å². The minimum atomic E-state index is 0.0209. The molecule has 0 bridgehead atoms. The third-order valence-corrected chi connectivity index (χ3v) is 4.33. The van der Waals surface area contributed by atoms with Crippen LogP contribution in [0.1, 0.15) is 18.4 Å². The molecule has 0 spiro atoms. The first kappa shape index (κ1) is 16.4. The largest absolute Gasteiger partial charge is 0.503 e. The van der Waals surface area contributed by atoms with Crippen LogP contribution in [-0.2, 0) is 6.54 Å². The molecule has 1 aromatic rings. The molecule has 1 aliphatic rings. The molecule has 2 rings (SSSR count). The molecule has 21 heavy (non-hydrogen) atoms. The summed E-state index contributed by atoms with van der Waals surface area (Å²) in [6.07, 6.45) is 2.47. The number of aromatic hydroxyl groups is 1. The lowest BCUT2D eigenvalue weighted by Crippen LogP contribution is -2.36. The Hall–Kier alpha value is -0.970. The normalized spacial score (nSPS) is 17.4. The van der Waals surface area contributed by atoms with Crippen molar-refractivity contribution in [3.63, 3.8) is 0 Å². The van der Waals surface area contributed by atoms with Crippen molar-refractivity contribution in [3.8, 4) is 11.5 Å². The topological polar surface area (TPSA) is 35.9 Å². The van der Waals surface area contributed by atoms with Gasteiger partial charge in [0.25, 0.3) is 0 Å². The summed E-state index contributed by atoms with van der Waals surface area (Å²) < 4.78 is 5.16. The number of phenolic OH excluding ortho intramolecular Hbond substituents is 1. The van der Waals surface area contributed by atoms with Gasteiger partial charge < -0.3 is 14.7 Å². The number of hydrogen-bond donors (Lipinski definition) is 1. The molecule has 0 unspecified atom stereocenters. The Morgan fingerprint density at radius 1 is 1.33 bits per heavy atom. The highest BCUT2D eigenvalue weighted by Crippen LogP contribution is 2.35. The van der Waals surface area contributed by atoms with Gasteiger partial charge >= 0.3 is 0 Å². The van der Waals surface area contributed by atoms with Crippen LogP contribution in [0.25, 0.3) is 0 Å². The second-order valence-electron chi connectivity index (χ2n) is 6.11. The number of likely N-dealkylation sites (tertiary alicyclic amines) is 1. The van der Waals surface area contributed by atoms with Crippen molar-refractivity contribution >= 4 is 11.6 Å². The van der Waals surface area contributed by atoms with Crippen LogP contribution in [0.5, 0.6) is 11.5 Å². The van der Waals surface area contributed by atoms with Crippen molar-refractivity contribution in [1.29, 1.82) is 0 Å². The lowest BCUT2D eigenvalue weighted by molar-refractivity contribution is 0.157. The highest BCUT2D eigenvalue weighted by molar-refractivity contribution is 6.32. The zero-order chi connectivity index (χ0) is 15.4. The van der Waals surface area contributed by atoms with Crippen molar-refractivity contribution in [3.05, 3.63) is 22.7 Å². The Bertz CT molecular complexity index is 472. The number of hydrogen-bond acceptors (Lipinski definition) is 4. The van der Waals surface area contributed by atoms with E-state index in [0.29, 0.717) is 10.8 Å². The molecule has 5 heteroatoms. The van der Waals surface area contributed by atoms with Crippen LogP contribution in [0.2, 0.25) is 5.02 Å². The molecule has 0 aliphatic carbocycles. The summed E-state index contributed by atoms with van der Waals surface area (Å²) in [6.45, 7) is 4.25. The summed E-state index contributed by atoms with van der Waals surface area (Å²) in [7, 11) is 5.82. The van der Waals surface area contributed by atoms with Gasteiger partial charge in [-0.3, -0.25) is 4.90 Å². The minimum Gasteiger partial charge on any atom is -0.503 e. The highest BCUT2D eigenvalue weighted by atomic mass is 35.5. The molecule has 0 saturated carbocycles. The lowest BCUT2D eigenvalue weighted by Gasteiger charge is -2.33. The summed E-state index contributed by atoms with van der Waals surface area (Å²) in [4.78, 5) is 4.71. The highest BCUT2D eigenvalue weighted by Gasteiger charge is 2.20. The van der Waals surface area contributed by atoms with E-state index in [4.69, 9.17) is 16.3 Å². The maximum Gasteiger partial charge on any atom is 0.176 e. The van der Waals surface area contributed by atoms with Crippen molar-refractivity contribution < 1.29 is 9.84 Å². The standard InChI is InChI=1S/C16H25ClN2O2/c1-18(2)10-12-4-6-19(7-5-12)11-13-8-14(17)16(20)15(9-13)21-3/h8-9,12,20H,4-7,10-11H2,1-3H3. The fraction of sp³-hybridized carbons (Fsp3) is 0.625. The van der Waals surface area contributed by atoms with Crippen LogP contribution in [0, 0.1) is 5.92 Å². The lowest BCUT2D eigenvalue weighted by atomic mass is 9.96. The number of piperidine rings is 1. The molecule has 0 radical (unpaired) electrons. The maximum atomic E-state index is 9.77. The van der Waals surface area contributed by atoms with E-state index in [1.54, 1.807) is 7.11 Å². The maximum absolute atomic E-state index is 9.77. The van der Waals surface area contributed by atoms with Gasteiger partial charge in [0, 0.05) is 13.1 Å². The average molecular weight is 313 g/mol. The molecular formula is C16H25ClN2O2. The molecule has 1 fully saturated rings. The molecule has 1 heterocycles. The number of methoxy groups -OCH3 is 1. The van der Waals surface area contributed by atoms with Gasteiger partial charge in [-0.25, -0.2) is 0 Å². The van der Waals surface area contributed by atoms with Gasteiger partial charge in [-0.05, 0) is 63.6 Å². The summed E-state index contributed by atoms with van der Waals surface area (Å²) in [5, 5.41) is 10.1. The second kappa shape index (κ2) is 7.34. The summed E-state index contributed by atoms with van der Waals surface area (Å²) in [6, 6.07) is 3.69.